The minimum absolute atomic E-state index is 0.00766. The standard InChI is InChI=1S/C21H29N3O2/c1-16-9-13-24(14-10-16)12-6-11-22-20(25)15-19-17(2)26-21(23-19)18-7-4-3-5-8-18/h3-5,7-8,16H,6,9-15H2,1-2H3,(H,22,25). The number of hydrogen-bond donors (Lipinski definition) is 1. The fourth-order valence-electron chi connectivity index (χ4n) is 3.33. The number of nitrogens with one attached hydrogen (secondary N) is 1. The first-order valence-corrected chi connectivity index (χ1v) is 9.62. The Morgan fingerprint density at radius 3 is 2.73 bits per heavy atom. The van der Waals surface area contributed by atoms with Crippen molar-refractivity contribution in [3.63, 3.8) is 0 Å². The van der Waals surface area contributed by atoms with Crippen molar-refractivity contribution in [3.8, 4) is 11.5 Å². The molecule has 1 N–H and O–H groups in total. The molecule has 1 aliphatic rings. The summed E-state index contributed by atoms with van der Waals surface area (Å²) in [6, 6.07) is 9.76. The van der Waals surface area contributed by atoms with Gasteiger partial charge in [0, 0.05) is 12.1 Å². The predicted molar refractivity (Wildman–Crippen MR) is 103 cm³/mol. The van der Waals surface area contributed by atoms with Gasteiger partial charge in [0.15, 0.2) is 0 Å². The molecule has 1 aromatic heterocycles. The molecule has 0 aliphatic carbocycles. The molecule has 1 aliphatic heterocycles. The van der Waals surface area contributed by atoms with E-state index in [-0.39, 0.29) is 12.3 Å². The quantitative estimate of drug-likeness (QED) is 0.773. The Hall–Kier alpha value is -2.14. The Morgan fingerprint density at radius 1 is 1.27 bits per heavy atom. The predicted octanol–water partition coefficient (Wildman–Crippen LogP) is 3.43. The Bertz CT molecular complexity index is 703. The van der Waals surface area contributed by atoms with Gasteiger partial charge in [0.05, 0.1) is 12.1 Å². The van der Waals surface area contributed by atoms with Crippen LogP contribution in [0.25, 0.3) is 11.5 Å². The van der Waals surface area contributed by atoms with Gasteiger partial charge in [-0.25, -0.2) is 4.98 Å². The maximum atomic E-state index is 12.2. The second kappa shape index (κ2) is 8.99. The zero-order valence-corrected chi connectivity index (χ0v) is 15.8. The van der Waals surface area contributed by atoms with Crippen molar-refractivity contribution in [3.05, 3.63) is 41.8 Å². The highest BCUT2D eigenvalue weighted by atomic mass is 16.4. The minimum atomic E-state index is 0.00766. The maximum absolute atomic E-state index is 12.2. The van der Waals surface area contributed by atoms with Gasteiger partial charge in [0.2, 0.25) is 11.8 Å². The average Bonchev–Trinajstić information content (AvgIpc) is 3.01. The second-order valence-corrected chi connectivity index (χ2v) is 7.29. The van der Waals surface area contributed by atoms with Gasteiger partial charge < -0.3 is 14.6 Å². The van der Waals surface area contributed by atoms with Crippen LogP contribution in [-0.4, -0.2) is 42.0 Å². The molecule has 1 fully saturated rings. The van der Waals surface area contributed by atoms with Crippen LogP contribution in [-0.2, 0) is 11.2 Å². The van der Waals surface area contributed by atoms with E-state index >= 15 is 0 Å². The maximum Gasteiger partial charge on any atom is 0.226 e. The smallest absolute Gasteiger partial charge is 0.226 e. The lowest BCUT2D eigenvalue weighted by Crippen LogP contribution is -2.35. The van der Waals surface area contributed by atoms with E-state index < -0.39 is 0 Å². The molecule has 5 heteroatoms. The lowest BCUT2D eigenvalue weighted by Gasteiger charge is -2.30. The van der Waals surface area contributed by atoms with Crippen LogP contribution in [0.4, 0.5) is 0 Å². The van der Waals surface area contributed by atoms with E-state index in [1.165, 1.54) is 25.9 Å². The summed E-state index contributed by atoms with van der Waals surface area (Å²) in [7, 11) is 0. The molecule has 0 radical (unpaired) electrons. The number of benzene rings is 1. The first-order valence-electron chi connectivity index (χ1n) is 9.62. The summed E-state index contributed by atoms with van der Waals surface area (Å²) >= 11 is 0. The molecule has 1 saturated heterocycles. The zero-order valence-electron chi connectivity index (χ0n) is 15.8. The molecule has 2 heterocycles. The van der Waals surface area contributed by atoms with E-state index in [2.05, 4.69) is 22.1 Å². The third-order valence-electron chi connectivity index (χ3n) is 5.09. The number of aryl methyl sites for hydroxylation is 1. The lowest BCUT2D eigenvalue weighted by molar-refractivity contribution is -0.120. The van der Waals surface area contributed by atoms with Gasteiger partial charge in [0.25, 0.3) is 0 Å². The van der Waals surface area contributed by atoms with Gasteiger partial charge in [-0.2, -0.15) is 0 Å². The average molecular weight is 355 g/mol. The number of rotatable bonds is 7. The molecular formula is C21H29N3O2. The van der Waals surface area contributed by atoms with E-state index in [1.54, 1.807) is 0 Å². The fraction of sp³-hybridized carbons (Fsp3) is 0.524. The minimum Gasteiger partial charge on any atom is -0.441 e. The molecule has 1 aromatic carbocycles. The molecule has 0 saturated carbocycles. The highest BCUT2D eigenvalue weighted by Gasteiger charge is 2.16. The van der Waals surface area contributed by atoms with Gasteiger partial charge in [0.1, 0.15) is 5.76 Å². The van der Waals surface area contributed by atoms with Crippen molar-refractivity contribution in [1.82, 2.24) is 15.2 Å². The Balaban J connectivity index is 1.41. The largest absolute Gasteiger partial charge is 0.441 e. The molecule has 2 aromatic rings. The summed E-state index contributed by atoms with van der Waals surface area (Å²) in [6.45, 7) is 8.35. The number of carbonyl (C=O) groups excluding carboxylic acids is 1. The summed E-state index contributed by atoms with van der Waals surface area (Å²) in [5.41, 5.74) is 1.64. The molecule has 0 atom stereocenters. The number of oxazole rings is 1. The van der Waals surface area contributed by atoms with Crippen molar-refractivity contribution < 1.29 is 9.21 Å². The highest BCUT2D eigenvalue weighted by molar-refractivity contribution is 5.78. The normalized spacial score (nSPS) is 15.9. The van der Waals surface area contributed by atoms with E-state index in [1.807, 2.05) is 37.3 Å². The number of amides is 1. The van der Waals surface area contributed by atoms with E-state index in [0.29, 0.717) is 23.9 Å². The van der Waals surface area contributed by atoms with Crippen LogP contribution < -0.4 is 5.32 Å². The third-order valence-corrected chi connectivity index (χ3v) is 5.09. The second-order valence-electron chi connectivity index (χ2n) is 7.29. The number of carbonyl (C=O) groups is 1. The Morgan fingerprint density at radius 2 is 2.00 bits per heavy atom. The van der Waals surface area contributed by atoms with Crippen LogP contribution in [0.1, 0.15) is 37.6 Å². The number of aromatic nitrogens is 1. The monoisotopic (exact) mass is 355 g/mol. The topological polar surface area (TPSA) is 58.4 Å². The fourth-order valence-corrected chi connectivity index (χ4v) is 3.33. The van der Waals surface area contributed by atoms with E-state index in [0.717, 1.165) is 24.4 Å². The van der Waals surface area contributed by atoms with Gasteiger partial charge in [-0.3, -0.25) is 4.79 Å². The number of likely N-dealkylation sites (tertiary alicyclic amines) is 1. The first-order chi connectivity index (χ1) is 12.6. The number of hydrogen-bond acceptors (Lipinski definition) is 4. The van der Waals surface area contributed by atoms with Crippen molar-refractivity contribution in [2.45, 2.75) is 39.5 Å². The molecule has 0 bridgehead atoms. The first kappa shape index (κ1) is 18.6. The molecule has 140 valence electrons. The van der Waals surface area contributed by atoms with Crippen molar-refractivity contribution >= 4 is 5.91 Å². The summed E-state index contributed by atoms with van der Waals surface area (Å²) < 4.78 is 5.72. The van der Waals surface area contributed by atoms with Gasteiger partial charge >= 0.3 is 0 Å². The van der Waals surface area contributed by atoms with Crippen LogP contribution in [0.5, 0.6) is 0 Å². The molecule has 26 heavy (non-hydrogen) atoms. The van der Waals surface area contributed by atoms with Crippen LogP contribution >= 0.6 is 0 Å². The number of piperidine rings is 1. The third kappa shape index (κ3) is 5.18. The van der Waals surface area contributed by atoms with Crippen LogP contribution in [0.3, 0.4) is 0 Å². The molecule has 3 rings (SSSR count). The van der Waals surface area contributed by atoms with Gasteiger partial charge in [-0.1, -0.05) is 25.1 Å². The Labute approximate surface area is 155 Å². The molecular weight excluding hydrogens is 326 g/mol. The van der Waals surface area contributed by atoms with Crippen LogP contribution in [0.15, 0.2) is 34.7 Å². The lowest BCUT2D eigenvalue weighted by atomic mass is 9.99. The Kier molecular flexibility index (Phi) is 6.45. The van der Waals surface area contributed by atoms with E-state index in [9.17, 15) is 4.79 Å². The molecule has 0 spiro atoms. The summed E-state index contributed by atoms with van der Waals surface area (Å²) in [6.07, 6.45) is 3.85. The number of nitrogens with zero attached hydrogens (tertiary/aromatic N) is 2. The van der Waals surface area contributed by atoms with Crippen molar-refractivity contribution in [2.24, 2.45) is 5.92 Å². The highest BCUT2D eigenvalue weighted by Crippen LogP contribution is 2.21. The van der Waals surface area contributed by atoms with Crippen LogP contribution in [0, 0.1) is 12.8 Å². The zero-order chi connectivity index (χ0) is 18.4. The van der Waals surface area contributed by atoms with Crippen LogP contribution in [0.2, 0.25) is 0 Å². The SMILES string of the molecule is Cc1oc(-c2ccccc2)nc1CC(=O)NCCCN1CCC(C)CC1. The molecule has 1 amide bonds. The summed E-state index contributed by atoms with van der Waals surface area (Å²) in [5.74, 6) is 2.15. The summed E-state index contributed by atoms with van der Waals surface area (Å²) in [4.78, 5) is 19.2. The summed E-state index contributed by atoms with van der Waals surface area (Å²) in [5, 5.41) is 3.01. The molecule has 5 nitrogen and oxygen atoms in total. The van der Waals surface area contributed by atoms with Gasteiger partial charge in [-0.15, -0.1) is 0 Å². The van der Waals surface area contributed by atoms with Gasteiger partial charge in [-0.05, 0) is 63.9 Å². The molecule has 0 unspecified atom stereocenters. The van der Waals surface area contributed by atoms with E-state index in [4.69, 9.17) is 4.42 Å². The van der Waals surface area contributed by atoms with Crippen molar-refractivity contribution in [1.29, 1.82) is 0 Å². The van der Waals surface area contributed by atoms with Crippen molar-refractivity contribution in [2.75, 3.05) is 26.2 Å².